The van der Waals surface area contributed by atoms with Crippen molar-refractivity contribution >= 4 is 5.91 Å². The molecular weight excluding hydrogens is 947 g/mol. The number of carbonyl (C=O) groups excluding carboxylic acids is 1. The van der Waals surface area contributed by atoms with Crippen molar-refractivity contribution in [2.24, 2.45) is 0 Å². The van der Waals surface area contributed by atoms with Crippen LogP contribution in [0, 0.1) is 0 Å². The molecule has 0 aromatic rings. The molecule has 4 atom stereocenters. The summed E-state index contributed by atoms with van der Waals surface area (Å²) in [6, 6.07) is -1.01. The molecule has 0 rings (SSSR count). The minimum absolute atomic E-state index is 0.365. The highest BCUT2D eigenvalue weighted by Gasteiger charge is 2.28. The molecule has 0 aliphatic heterocycles. The molecule has 0 spiro atoms. The Kier molecular flexibility index (Phi) is 64.6. The molecule has 1 amide bonds. The van der Waals surface area contributed by atoms with Crippen LogP contribution in [0.2, 0.25) is 0 Å². The molecule has 0 fully saturated rings. The summed E-state index contributed by atoms with van der Waals surface area (Å²) in [6.45, 7) is 4.09. The van der Waals surface area contributed by atoms with E-state index >= 15 is 0 Å². The first-order chi connectivity index (χ1) is 38.0. The van der Waals surface area contributed by atoms with Gasteiger partial charge in [-0.15, -0.1) is 0 Å². The van der Waals surface area contributed by atoms with Crippen LogP contribution in [0.1, 0.15) is 393 Å². The predicted octanol–water partition coefficient (Wildman–Crippen LogP) is 21.7. The third-order valence-corrected chi connectivity index (χ3v) is 16.9. The molecule has 0 saturated carbocycles. The van der Waals surface area contributed by atoms with Crippen LogP contribution in [0.15, 0.2) is 24.3 Å². The summed E-state index contributed by atoms with van der Waals surface area (Å²) in [5, 5.41) is 44.1. The highest BCUT2D eigenvalue weighted by atomic mass is 16.3. The number of allylic oxidation sites excluding steroid dienone is 4. The Morgan fingerprint density at radius 1 is 0.312 bits per heavy atom. The Hall–Kier alpha value is -1.21. The lowest BCUT2D eigenvalue weighted by Crippen LogP contribution is -2.53. The summed E-state index contributed by atoms with van der Waals surface area (Å²) in [7, 11) is 0. The van der Waals surface area contributed by atoms with Gasteiger partial charge in [-0.1, -0.05) is 366 Å². The maximum Gasteiger partial charge on any atom is 0.249 e. The standard InChI is InChI=1S/C71H139NO5/c1-3-5-7-9-11-13-15-17-19-21-23-25-27-28-29-30-31-32-33-34-35-36-37-38-39-40-41-43-45-47-49-51-53-55-57-59-61-63-65-69(75)71(77)72-67(66-73)70(76)68(74)64-62-60-58-56-54-52-50-48-46-44-42-26-24-22-20-18-16-14-12-10-8-6-4-2/h48,50,56,58,67-70,73-76H,3-47,49,51-55,57,59-66H2,1-2H3,(H,72,77)/b50-48+,58-56+. The average molecular weight is 1090 g/mol. The molecule has 458 valence electrons. The molecule has 4 unspecified atom stereocenters. The second-order valence-electron chi connectivity index (χ2n) is 24.6. The van der Waals surface area contributed by atoms with Crippen molar-refractivity contribution in [2.75, 3.05) is 6.61 Å². The normalized spacial score (nSPS) is 13.6. The first-order valence-corrected chi connectivity index (χ1v) is 35.2. The van der Waals surface area contributed by atoms with Gasteiger partial charge >= 0.3 is 0 Å². The number of hydrogen-bond acceptors (Lipinski definition) is 5. The van der Waals surface area contributed by atoms with Crippen molar-refractivity contribution in [3.8, 4) is 0 Å². The Bertz CT molecular complexity index is 1170. The van der Waals surface area contributed by atoms with Crippen LogP contribution in [0.5, 0.6) is 0 Å². The zero-order valence-corrected chi connectivity index (χ0v) is 52.2. The molecule has 77 heavy (non-hydrogen) atoms. The molecular formula is C71H139NO5. The number of carbonyl (C=O) groups is 1. The lowest BCUT2D eigenvalue weighted by Gasteiger charge is -2.27. The molecule has 6 nitrogen and oxygen atoms in total. The highest BCUT2D eigenvalue weighted by molar-refractivity contribution is 5.80. The van der Waals surface area contributed by atoms with E-state index in [2.05, 4.69) is 43.5 Å². The summed E-state index contributed by atoms with van der Waals surface area (Å²) in [5.74, 6) is -0.589. The van der Waals surface area contributed by atoms with Gasteiger partial charge in [0.05, 0.1) is 18.8 Å². The lowest BCUT2D eigenvalue weighted by atomic mass is 10.00. The summed E-state index contributed by atoms with van der Waals surface area (Å²) in [6.07, 6.45) is 83.2. The molecule has 0 radical (unpaired) electrons. The van der Waals surface area contributed by atoms with Gasteiger partial charge in [0.2, 0.25) is 5.91 Å². The number of nitrogens with one attached hydrogen (secondary N) is 1. The zero-order valence-electron chi connectivity index (χ0n) is 52.2. The first-order valence-electron chi connectivity index (χ1n) is 35.2. The predicted molar refractivity (Wildman–Crippen MR) is 339 cm³/mol. The SMILES string of the molecule is CCCCCCCCCCCCCCCC/C=C/CC/C=C/CCCC(O)C(O)C(CO)NC(=O)C(O)CCCCCCCCCCCCCCCCCCCCCCCCCCCCCCCCCCCCCCCC. The van der Waals surface area contributed by atoms with E-state index in [-0.39, 0.29) is 0 Å². The fraction of sp³-hybridized carbons (Fsp3) is 0.930. The van der Waals surface area contributed by atoms with Crippen LogP contribution in [0.25, 0.3) is 0 Å². The van der Waals surface area contributed by atoms with E-state index in [1.807, 2.05) is 0 Å². The first kappa shape index (κ1) is 75.8. The van der Waals surface area contributed by atoms with Gasteiger partial charge < -0.3 is 25.7 Å². The van der Waals surface area contributed by atoms with Crippen LogP contribution in [-0.2, 0) is 4.79 Å². The summed E-state index contributed by atoms with van der Waals surface area (Å²) < 4.78 is 0. The summed E-state index contributed by atoms with van der Waals surface area (Å²) >= 11 is 0. The third kappa shape index (κ3) is 59.2. The van der Waals surface area contributed by atoms with E-state index in [1.54, 1.807) is 0 Å². The smallest absolute Gasteiger partial charge is 0.249 e. The van der Waals surface area contributed by atoms with Crippen LogP contribution >= 0.6 is 0 Å². The summed E-state index contributed by atoms with van der Waals surface area (Å²) in [4.78, 5) is 12.6. The minimum atomic E-state index is -1.29. The van der Waals surface area contributed by atoms with Crippen LogP contribution in [0.4, 0.5) is 0 Å². The third-order valence-electron chi connectivity index (χ3n) is 16.9. The van der Waals surface area contributed by atoms with E-state index < -0.39 is 36.9 Å². The highest BCUT2D eigenvalue weighted by Crippen LogP contribution is 2.20. The van der Waals surface area contributed by atoms with Gasteiger partial charge in [-0.2, -0.15) is 0 Å². The fourth-order valence-electron chi connectivity index (χ4n) is 11.4. The Morgan fingerprint density at radius 2 is 0.545 bits per heavy atom. The van der Waals surface area contributed by atoms with E-state index in [0.717, 1.165) is 38.5 Å². The van der Waals surface area contributed by atoms with E-state index in [0.29, 0.717) is 19.3 Å². The Balaban J connectivity index is 3.52. The molecule has 0 bridgehead atoms. The molecule has 6 heteroatoms. The quantitative estimate of drug-likeness (QED) is 0.0308. The van der Waals surface area contributed by atoms with Crippen molar-refractivity contribution in [3.05, 3.63) is 24.3 Å². The van der Waals surface area contributed by atoms with Gasteiger partial charge in [0, 0.05) is 0 Å². The van der Waals surface area contributed by atoms with Gasteiger partial charge in [-0.05, 0) is 51.4 Å². The van der Waals surface area contributed by atoms with E-state index in [9.17, 15) is 25.2 Å². The van der Waals surface area contributed by atoms with Crippen LogP contribution < -0.4 is 5.32 Å². The molecule has 0 heterocycles. The maximum atomic E-state index is 12.6. The number of aliphatic hydroxyl groups excluding tert-OH is 4. The average Bonchev–Trinajstić information content (AvgIpc) is 3.43. The monoisotopic (exact) mass is 1090 g/mol. The second kappa shape index (κ2) is 65.6. The molecule has 0 aliphatic rings. The van der Waals surface area contributed by atoms with Gasteiger partial charge in [0.1, 0.15) is 12.2 Å². The molecule has 0 aromatic heterocycles. The van der Waals surface area contributed by atoms with Gasteiger partial charge in [0.15, 0.2) is 0 Å². The largest absolute Gasteiger partial charge is 0.394 e. The minimum Gasteiger partial charge on any atom is -0.394 e. The topological polar surface area (TPSA) is 110 Å². The van der Waals surface area contributed by atoms with E-state index in [1.165, 1.54) is 321 Å². The van der Waals surface area contributed by atoms with Crippen molar-refractivity contribution in [3.63, 3.8) is 0 Å². The van der Waals surface area contributed by atoms with Crippen molar-refractivity contribution < 1.29 is 25.2 Å². The van der Waals surface area contributed by atoms with E-state index in [4.69, 9.17) is 0 Å². The van der Waals surface area contributed by atoms with Crippen molar-refractivity contribution in [2.45, 2.75) is 417 Å². The fourth-order valence-corrected chi connectivity index (χ4v) is 11.4. The Morgan fingerprint density at radius 3 is 0.818 bits per heavy atom. The molecule has 0 aliphatic carbocycles. The molecule has 0 aromatic carbocycles. The van der Waals surface area contributed by atoms with Crippen LogP contribution in [0.3, 0.4) is 0 Å². The van der Waals surface area contributed by atoms with Gasteiger partial charge in [-0.3, -0.25) is 4.79 Å². The van der Waals surface area contributed by atoms with Crippen molar-refractivity contribution in [1.82, 2.24) is 5.32 Å². The lowest BCUT2D eigenvalue weighted by molar-refractivity contribution is -0.132. The Labute approximate surface area is 482 Å². The number of hydrogen-bond donors (Lipinski definition) is 5. The van der Waals surface area contributed by atoms with Gasteiger partial charge in [0.25, 0.3) is 0 Å². The maximum absolute atomic E-state index is 12.6. The number of amides is 1. The zero-order chi connectivity index (χ0) is 55.8. The number of aliphatic hydroxyl groups is 4. The summed E-state index contributed by atoms with van der Waals surface area (Å²) in [5.41, 5.74) is 0. The number of rotatable bonds is 66. The van der Waals surface area contributed by atoms with Crippen LogP contribution in [-0.4, -0.2) is 57.3 Å². The molecule has 5 N–H and O–H groups in total. The second-order valence-corrected chi connectivity index (χ2v) is 24.6. The number of unbranched alkanes of at least 4 members (excludes halogenated alkanes) is 53. The van der Waals surface area contributed by atoms with Crippen molar-refractivity contribution in [1.29, 1.82) is 0 Å². The molecule has 0 saturated heterocycles. The van der Waals surface area contributed by atoms with Gasteiger partial charge in [-0.25, -0.2) is 0 Å².